The van der Waals surface area contributed by atoms with Crippen molar-refractivity contribution in [2.75, 3.05) is 13.7 Å². The Labute approximate surface area is 304 Å². The zero-order chi connectivity index (χ0) is 38.8. The number of esters is 1. The SMILES string of the molecule is COc1ccc([C@H](NC(=O)[C@H](Cc2cccc(Cl)c2)NC(=O)c2ccc(OCC(=O)OC(C)(C)C)cn2)C(=O)C[C@H](C(=O)C(F)(F)F)C(C)C)cc1. The van der Waals surface area contributed by atoms with Crippen LogP contribution in [0.4, 0.5) is 13.2 Å². The molecule has 2 N–H and O–H groups in total. The second kappa shape index (κ2) is 18.0. The van der Waals surface area contributed by atoms with Crippen LogP contribution in [-0.2, 0) is 30.3 Å². The molecule has 0 saturated heterocycles. The lowest BCUT2D eigenvalue weighted by Crippen LogP contribution is -2.50. The number of nitrogens with one attached hydrogen (secondary N) is 2. The maximum absolute atomic E-state index is 14.0. The van der Waals surface area contributed by atoms with Crippen molar-refractivity contribution < 1.29 is 51.4 Å². The molecule has 3 atom stereocenters. The minimum atomic E-state index is -5.17. The van der Waals surface area contributed by atoms with Crippen molar-refractivity contribution in [1.82, 2.24) is 15.6 Å². The lowest BCUT2D eigenvalue weighted by Gasteiger charge is -2.26. The number of aromatic nitrogens is 1. The third-order valence-corrected chi connectivity index (χ3v) is 7.83. The smallest absolute Gasteiger partial charge is 0.450 e. The number of ether oxygens (including phenoxy) is 3. The molecule has 0 unspecified atom stereocenters. The van der Waals surface area contributed by atoms with E-state index in [-0.39, 0.29) is 23.4 Å². The lowest BCUT2D eigenvalue weighted by molar-refractivity contribution is -0.177. The number of benzene rings is 2. The van der Waals surface area contributed by atoms with E-state index in [9.17, 15) is 37.1 Å². The molecule has 52 heavy (non-hydrogen) atoms. The molecule has 0 spiro atoms. The van der Waals surface area contributed by atoms with Gasteiger partial charge in [-0.3, -0.25) is 19.2 Å². The van der Waals surface area contributed by atoms with E-state index in [0.29, 0.717) is 16.3 Å². The number of carbonyl (C=O) groups excluding carboxylic acids is 5. The van der Waals surface area contributed by atoms with Gasteiger partial charge in [-0.1, -0.05) is 49.7 Å². The molecular formula is C37H41ClF3N3O8. The van der Waals surface area contributed by atoms with Crippen LogP contribution < -0.4 is 20.1 Å². The number of alkyl halides is 3. The van der Waals surface area contributed by atoms with E-state index >= 15 is 0 Å². The molecule has 3 aromatic rings. The van der Waals surface area contributed by atoms with Crippen LogP contribution in [0.1, 0.15) is 68.7 Å². The van der Waals surface area contributed by atoms with Crippen molar-refractivity contribution in [2.24, 2.45) is 11.8 Å². The predicted molar refractivity (Wildman–Crippen MR) is 185 cm³/mol. The monoisotopic (exact) mass is 747 g/mol. The van der Waals surface area contributed by atoms with Crippen LogP contribution in [0, 0.1) is 11.8 Å². The molecule has 11 nitrogen and oxygen atoms in total. The predicted octanol–water partition coefficient (Wildman–Crippen LogP) is 6.03. The van der Waals surface area contributed by atoms with Gasteiger partial charge >= 0.3 is 12.1 Å². The number of halogens is 4. The number of hydrogen-bond donors (Lipinski definition) is 2. The summed E-state index contributed by atoms with van der Waals surface area (Å²) < 4.78 is 56.1. The molecule has 0 aliphatic heterocycles. The van der Waals surface area contributed by atoms with Crippen LogP contribution in [0.15, 0.2) is 66.9 Å². The van der Waals surface area contributed by atoms with E-state index in [2.05, 4.69) is 15.6 Å². The van der Waals surface area contributed by atoms with Crippen LogP contribution in [0.5, 0.6) is 11.5 Å². The van der Waals surface area contributed by atoms with Gasteiger partial charge in [0, 0.05) is 23.8 Å². The number of rotatable bonds is 16. The average Bonchev–Trinajstić information content (AvgIpc) is 3.06. The van der Waals surface area contributed by atoms with E-state index < -0.39 is 78.1 Å². The fourth-order valence-electron chi connectivity index (χ4n) is 5.02. The van der Waals surface area contributed by atoms with Crippen LogP contribution >= 0.6 is 11.6 Å². The second-order valence-corrected chi connectivity index (χ2v) is 13.6. The molecule has 0 aliphatic carbocycles. The Morgan fingerprint density at radius 2 is 1.56 bits per heavy atom. The number of methoxy groups -OCH3 is 1. The summed E-state index contributed by atoms with van der Waals surface area (Å²) >= 11 is 6.16. The van der Waals surface area contributed by atoms with Crippen LogP contribution in [-0.4, -0.2) is 65.9 Å². The van der Waals surface area contributed by atoms with Gasteiger partial charge in [0.25, 0.3) is 5.91 Å². The Morgan fingerprint density at radius 3 is 2.10 bits per heavy atom. The topological polar surface area (TPSA) is 150 Å². The highest BCUT2D eigenvalue weighted by atomic mass is 35.5. The van der Waals surface area contributed by atoms with Crippen LogP contribution in [0.2, 0.25) is 5.02 Å². The van der Waals surface area contributed by atoms with Gasteiger partial charge in [0.15, 0.2) is 12.4 Å². The minimum absolute atomic E-state index is 0.111. The van der Waals surface area contributed by atoms with Gasteiger partial charge in [0.2, 0.25) is 11.7 Å². The largest absolute Gasteiger partial charge is 0.497 e. The summed E-state index contributed by atoms with van der Waals surface area (Å²) in [5.74, 6) is -7.12. The Hall–Kier alpha value is -4.98. The summed E-state index contributed by atoms with van der Waals surface area (Å²) in [6.07, 6.45) is -4.89. The number of nitrogens with zero attached hydrogens (tertiary/aromatic N) is 1. The summed E-state index contributed by atoms with van der Waals surface area (Å²) in [5, 5.41) is 5.54. The first-order valence-corrected chi connectivity index (χ1v) is 16.6. The van der Waals surface area contributed by atoms with Crippen molar-refractivity contribution >= 4 is 41.0 Å². The van der Waals surface area contributed by atoms with Gasteiger partial charge in [0.05, 0.1) is 13.3 Å². The highest BCUT2D eigenvalue weighted by Gasteiger charge is 2.45. The van der Waals surface area contributed by atoms with Crippen LogP contribution in [0.25, 0.3) is 0 Å². The first kappa shape index (κ1) is 41.4. The fraction of sp³-hybridized carbons (Fsp3) is 0.405. The molecule has 1 aromatic heterocycles. The third kappa shape index (κ3) is 12.7. The Bertz CT molecular complexity index is 1730. The van der Waals surface area contributed by atoms with Crippen LogP contribution in [0.3, 0.4) is 0 Å². The average molecular weight is 748 g/mol. The number of ketones is 2. The van der Waals surface area contributed by atoms with E-state index in [0.717, 1.165) is 0 Å². The quantitative estimate of drug-likeness (QED) is 0.168. The Balaban J connectivity index is 1.89. The van der Waals surface area contributed by atoms with Gasteiger partial charge in [-0.25, -0.2) is 9.78 Å². The van der Waals surface area contributed by atoms with Crippen molar-refractivity contribution in [2.45, 2.75) is 71.3 Å². The number of amides is 2. The standard InChI is InChI=1S/C37H41ClF3N3O8/c1-21(2)27(33(47)37(39,40)41)18-30(45)32(23-10-12-25(50-6)13-11-23)44-35(49)29(17-22-8-7-9-24(38)16-22)43-34(48)28-15-14-26(19-42-28)51-20-31(46)52-36(3,4)5/h7-16,19,21,27,29,32H,17-18,20H2,1-6H3,(H,43,48)(H,44,49)/t27-,29-,32-/m0/s1. The van der Waals surface area contributed by atoms with Crippen molar-refractivity contribution in [3.8, 4) is 11.5 Å². The number of hydrogen-bond acceptors (Lipinski definition) is 9. The molecule has 1 heterocycles. The van der Waals surface area contributed by atoms with Gasteiger partial charge in [-0.2, -0.15) is 13.2 Å². The van der Waals surface area contributed by atoms with E-state index in [1.807, 2.05) is 0 Å². The summed E-state index contributed by atoms with van der Waals surface area (Å²) in [7, 11) is 1.41. The zero-order valence-corrected chi connectivity index (χ0v) is 30.3. The molecule has 0 bridgehead atoms. The van der Waals surface area contributed by atoms with Gasteiger partial charge < -0.3 is 24.8 Å². The molecule has 3 rings (SSSR count). The molecule has 2 aromatic carbocycles. The Kier molecular flexibility index (Phi) is 14.3. The van der Waals surface area contributed by atoms with Gasteiger partial charge in [0.1, 0.15) is 34.9 Å². The highest BCUT2D eigenvalue weighted by molar-refractivity contribution is 6.30. The summed E-state index contributed by atoms with van der Waals surface area (Å²) in [6.45, 7) is 7.52. The van der Waals surface area contributed by atoms with Crippen molar-refractivity contribution in [3.63, 3.8) is 0 Å². The highest BCUT2D eigenvalue weighted by Crippen LogP contribution is 2.30. The van der Waals surface area contributed by atoms with E-state index in [1.54, 1.807) is 45.0 Å². The number of Topliss-reactive ketones (excluding diaryl/α,β-unsaturated/α-hetero) is 2. The van der Waals surface area contributed by atoms with Crippen molar-refractivity contribution in [1.29, 1.82) is 0 Å². The Morgan fingerprint density at radius 1 is 0.904 bits per heavy atom. The number of pyridine rings is 1. The maximum atomic E-state index is 14.0. The second-order valence-electron chi connectivity index (χ2n) is 13.2. The van der Waals surface area contributed by atoms with E-state index in [1.165, 1.54) is 63.6 Å². The molecule has 280 valence electrons. The van der Waals surface area contributed by atoms with Gasteiger partial charge in [-0.15, -0.1) is 0 Å². The first-order chi connectivity index (χ1) is 24.3. The maximum Gasteiger partial charge on any atom is 0.450 e. The first-order valence-electron chi connectivity index (χ1n) is 16.2. The van der Waals surface area contributed by atoms with E-state index in [4.69, 9.17) is 25.8 Å². The van der Waals surface area contributed by atoms with Crippen molar-refractivity contribution in [3.05, 3.63) is 88.7 Å². The summed E-state index contributed by atoms with van der Waals surface area (Å²) in [4.78, 5) is 69.4. The zero-order valence-electron chi connectivity index (χ0n) is 29.5. The molecule has 0 fully saturated rings. The minimum Gasteiger partial charge on any atom is -0.497 e. The molecule has 0 saturated carbocycles. The molecule has 15 heteroatoms. The normalized spacial score (nSPS) is 13.4. The fourth-order valence-corrected chi connectivity index (χ4v) is 5.23. The molecule has 0 radical (unpaired) electrons. The molecule has 0 aliphatic rings. The number of carbonyl (C=O) groups is 5. The third-order valence-electron chi connectivity index (χ3n) is 7.60. The summed E-state index contributed by atoms with van der Waals surface area (Å²) in [5.41, 5.74) is -0.0896. The molecular weight excluding hydrogens is 707 g/mol. The van der Waals surface area contributed by atoms with Gasteiger partial charge in [-0.05, 0) is 74.2 Å². The molecule has 2 amide bonds. The summed E-state index contributed by atoms with van der Waals surface area (Å²) in [6, 6.07) is 12.3. The lowest BCUT2D eigenvalue weighted by atomic mass is 9.84.